The molecule has 21 heavy (non-hydrogen) atoms. The SMILES string of the molecule is COc1ccc(NC(=O)c2sc3ccccc3c2O)cc1. The van der Waals surface area contributed by atoms with Crippen LogP contribution >= 0.6 is 11.3 Å². The van der Waals surface area contributed by atoms with E-state index >= 15 is 0 Å². The van der Waals surface area contributed by atoms with Crippen molar-refractivity contribution in [1.29, 1.82) is 0 Å². The molecule has 1 amide bonds. The van der Waals surface area contributed by atoms with Crippen LogP contribution in [0.2, 0.25) is 0 Å². The zero-order chi connectivity index (χ0) is 14.8. The van der Waals surface area contributed by atoms with Crippen molar-refractivity contribution in [3.63, 3.8) is 0 Å². The molecule has 0 fully saturated rings. The third kappa shape index (κ3) is 2.55. The number of thiophene rings is 1. The molecule has 1 heterocycles. The molecular weight excluding hydrogens is 286 g/mol. The van der Waals surface area contributed by atoms with Crippen molar-refractivity contribution >= 4 is 33.0 Å². The Hall–Kier alpha value is -2.53. The molecule has 1 aromatic heterocycles. The van der Waals surface area contributed by atoms with Crippen LogP contribution in [0.25, 0.3) is 10.1 Å². The van der Waals surface area contributed by atoms with Gasteiger partial charge >= 0.3 is 0 Å². The van der Waals surface area contributed by atoms with E-state index in [9.17, 15) is 9.90 Å². The quantitative estimate of drug-likeness (QED) is 0.772. The van der Waals surface area contributed by atoms with Crippen LogP contribution in [-0.4, -0.2) is 18.1 Å². The van der Waals surface area contributed by atoms with Gasteiger partial charge in [-0.3, -0.25) is 4.79 Å². The van der Waals surface area contributed by atoms with Crippen molar-refractivity contribution in [3.05, 3.63) is 53.4 Å². The van der Waals surface area contributed by atoms with Gasteiger partial charge in [-0.05, 0) is 36.4 Å². The van der Waals surface area contributed by atoms with Gasteiger partial charge in [-0.25, -0.2) is 0 Å². The van der Waals surface area contributed by atoms with Gasteiger partial charge in [-0.2, -0.15) is 0 Å². The number of hydrogen-bond acceptors (Lipinski definition) is 4. The molecule has 0 saturated heterocycles. The molecule has 0 aliphatic rings. The second-order valence-corrected chi connectivity index (χ2v) is 5.51. The molecule has 0 atom stereocenters. The van der Waals surface area contributed by atoms with Gasteiger partial charge in [0.1, 0.15) is 16.4 Å². The maximum atomic E-state index is 12.3. The fourth-order valence-electron chi connectivity index (χ4n) is 2.05. The van der Waals surface area contributed by atoms with Gasteiger partial charge in [0.2, 0.25) is 0 Å². The van der Waals surface area contributed by atoms with E-state index in [0.717, 1.165) is 10.4 Å². The van der Waals surface area contributed by atoms with Gasteiger partial charge in [0.05, 0.1) is 7.11 Å². The molecule has 0 unspecified atom stereocenters. The largest absolute Gasteiger partial charge is 0.506 e. The normalized spacial score (nSPS) is 10.5. The minimum atomic E-state index is -0.320. The number of methoxy groups -OCH3 is 1. The highest BCUT2D eigenvalue weighted by molar-refractivity contribution is 7.21. The Balaban J connectivity index is 1.87. The third-order valence-electron chi connectivity index (χ3n) is 3.12. The highest BCUT2D eigenvalue weighted by atomic mass is 32.1. The monoisotopic (exact) mass is 299 g/mol. The van der Waals surface area contributed by atoms with E-state index in [1.54, 1.807) is 37.4 Å². The summed E-state index contributed by atoms with van der Waals surface area (Å²) in [6.07, 6.45) is 0. The lowest BCUT2D eigenvalue weighted by atomic mass is 10.2. The molecule has 0 bridgehead atoms. The summed E-state index contributed by atoms with van der Waals surface area (Å²) >= 11 is 1.27. The molecule has 0 aliphatic carbocycles. The van der Waals surface area contributed by atoms with Crippen molar-refractivity contribution in [2.24, 2.45) is 0 Å². The van der Waals surface area contributed by atoms with Gasteiger partial charge in [-0.15, -0.1) is 11.3 Å². The zero-order valence-electron chi connectivity index (χ0n) is 11.3. The maximum absolute atomic E-state index is 12.3. The number of carbonyl (C=O) groups is 1. The average molecular weight is 299 g/mol. The summed E-state index contributed by atoms with van der Waals surface area (Å²) in [4.78, 5) is 12.6. The molecule has 3 aromatic rings. The van der Waals surface area contributed by atoms with E-state index in [-0.39, 0.29) is 11.7 Å². The summed E-state index contributed by atoms with van der Waals surface area (Å²) in [5.74, 6) is 0.429. The van der Waals surface area contributed by atoms with Crippen LogP contribution < -0.4 is 10.1 Å². The number of carbonyl (C=O) groups excluding carboxylic acids is 1. The fraction of sp³-hybridized carbons (Fsp3) is 0.0625. The predicted octanol–water partition coefficient (Wildman–Crippen LogP) is 3.87. The van der Waals surface area contributed by atoms with Crippen molar-refractivity contribution in [2.45, 2.75) is 0 Å². The number of amides is 1. The number of fused-ring (bicyclic) bond motifs is 1. The number of ether oxygens (including phenoxy) is 1. The highest BCUT2D eigenvalue weighted by Gasteiger charge is 2.17. The number of benzene rings is 2. The van der Waals surface area contributed by atoms with Crippen molar-refractivity contribution in [1.82, 2.24) is 0 Å². The third-order valence-corrected chi connectivity index (χ3v) is 4.28. The lowest BCUT2D eigenvalue weighted by Gasteiger charge is -2.05. The van der Waals surface area contributed by atoms with E-state index in [1.807, 2.05) is 18.2 Å². The summed E-state index contributed by atoms with van der Waals surface area (Å²) in [5, 5.41) is 13.6. The zero-order valence-corrected chi connectivity index (χ0v) is 12.1. The standard InChI is InChI=1S/C16H13NO3S/c1-20-11-8-6-10(7-9-11)17-16(19)15-14(18)12-4-2-3-5-13(12)21-15/h2-9,18H,1H3,(H,17,19). The van der Waals surface area contributed by atoms with Gasteiger partial charge in [0.15, 0.2) is 0 Å². The van der Waals surface area contributed by atoms with Crippen LogP contribution in [0.4, 0.5) is 5.69 Å². The van der Waals surface area contributed by atoms with Crippen molar-refractivity contribution < 1.29 is 14.6 Å². The summed E-state index contributed by atoms with van der Waals surface area (Å²) in [7, 11) is 1.59. The number of rotatable bonds is 3. The first-order chi connectivity index (χ1) is 10.2. The number of nitrogens with one attached hydrogen (secondary N) is 1. The topological polar surface area (TPSA) is 58.6 Å². The first-order valence-corrected chi connectivity index (χ1v) is 7.16. The molecule has 2 aromatic carbocycles. The molecule has 5 heteroatoms. The van der Waals surface area contributed by atoms with E-state index in [1.165, 1.54) is 11.3 Å². The number of anilines is 1. The molecule has 106 valence electrons. The van der Waals surface area contributed by atoms with E-state index < -0.39 is 0 Å². The predicted molar refractivity (Wildman–Crippen MR) is 84.4 cm³/mol. The lowest BCUT2D eigenvalue weighted by Crippen LogP contribution is -2.10. The summed E-state index contributed by atoms with van der Waals surface area (Å²) < 4.78 is 5.95. The molecule has 0 aliphatic heterocycles. The van der Waals surface area contributed by atoms with Gasteiger partial charge in [0, 0.05) is 15.8 Å². The Morgan fingerprint density at radius 3 is 2.52 bits per heavy atom. The summed E-state index contributed by atoms with van der Waals surface area (Å²) in [6.45, 7) is 0. The molecule has 0 spiro atoms. The Labute approximate surface area is 125 Å². The van der Waals surface area contributed by atoms with Crippen LogP contribution in [-0.2, 0) is 0 Å². The second-order valence-electron chi connectivity index (χ2n) is 4.46. The Bertz CT molecular complexity index is 793. The minimum absolute atomic E-state index is 0.0293. The summed E-state index contributed by atoms with van der Waals surface area (Å²) in [5.41, 5.74) is 0.651. The number of hydrogen-bond donors (Lipinski definition) is 2. The van der Waals surface area contributed by atoms with Crippen LogP contribution in [0.3, 0.4) is 0 Å². The van der Waals surface area contributed by atoms with Crippen LogP contribution in [0.5, 0.6) is 11.5 Å². The van der Waals surface area contributed by atoms with E-state index in [0.29, 0.717) is 16.0 Å². The van der Waals surface area contributed by atoms with Crippen LogP contribution in [0.1, 0.15) is 9.67 Å². The first-order valence-electron chi connectivity index (χ1n) is 6.35. The fourth-order valence-corrected chi connectivity index (χ4v) is 3.04. The van der Waals surface area contributed by atoms with Crippen LogP contribution in [0, 0.1) is 0 Å². The van der Waals surface area contributed by atoms with E-state index in [2.05, 4.69) is 5.32 Å². The first kappa shape index (κ1) is 13.5. The average Bonchev–Trinajstić information content (AvgIpc) is 2.86. The van der Waals surface area contributed by atoms with Crippen molar-refractivity contribution in [3.8, 4) is 11.5 Å². The lowest BCUT2D eigenvalue weighted by molar-refractivity contribution is 0.102. The molecule has 0 radical (unpaired) electrons. The Kier molecular flexibility index (Phi) is 3.50. The maximum Gasteiger partial charge on any atom is 0.269 e. The van der Waals surface area contributed by atoms with E-state index in [4.69, 9.17) is 4.74 Å². The van der Waals surface area contributed by atoms with Gasteiger partial charge in [0.25, 0.3) is 5.91 Å². The van der Waals surface area contributed by atoms with Gasteiger partial charge in [-0.1, -0.05) is 12.1 Å². The minimum Gasteiger partial charge on any atom is -0.506 e. The van der Waals surface area contributed by atoms with Crippen LogP contribution in [0.15, 0.2) is 48.5 Å². The molecule has 3 rings (SSSR count). The molecule has 4 nitrogen and oxygen atoms in total. The number of aromatic hydroxyl groups is 1. The second kappa shape index (κ2) is 5.46. The molecular formula is C16H13NO3S. The molecule has 0 saturated carbocycles. The van der Waals surface area contributed by atoms with Gasteiger partial charge < -0.3 is 15.2 Å². The highest BCUT2D eigenvalue weighted by Crippen LogP contribution is 2.36. The molecule has 2 N–H and O–H groups in total. The van der Waals surface area contributed by atoms with Crippen molar-refractivity contribution in [2.75, 3.05) is 12.4 Å². The Morgan fingerprint density at radius 1 is 1.14 bits per heavy atom. The Morgan fingerprint density at radius 2 is 1.86 bits per heavy atom. The smallest absolute Gasteiger partial charge is 0.269 e. The summed E-state index contributed by atoms with van der Waals surface area (Å²) in [6, 6.07) is 14.4.